The van der Waals surface area contributed by atoms with Gasteiger partial charge in [-0.05, 0) is 56.7 Å². The van der Waals surface area contributed by atoms with Crippen molar-refractivity contribution in [3.05, 3.63) is 53.6 Å². The van der Waals surface area contributed by atoms with Crippen molar-refractivity contribution >= 4 is 29.2 Å². The molecule has 1 heterocycles. The van der Waals surface area contributed by atoms with E-state index in [1.54, 1.807) is 11.8 Å². The maximum atomic E-state index is 13.0. The quantitative estimate of drug-likeness (QED) is 0.859. The third-order valence-corrected chi connectivity index (χ3v) is 4.64. The molecular weight excluding hydrogens is 360 g/mol. The molecule has 0 radical (unpaired) electrons. The number of nitrogens with zero attached hydrogens (tertiary/aromatic N) is 2. The van der Waals surface area contributed by atoms with E-state index in [4.69, 9.17) is 4.74 Å². The molecule has 3 rings (SSSR count). The fourth-order valence-corrected chi connectivity index (χ4v) is 3.23. The Bertz CT molecular complexity index is 940. The number of hydrogen-bond donors (Lipinski definition) is 1. The highest BCUT2D eigenvalue weighted by Crippen LogP contribution is 2.35. The highest BCUT2D eigenvalue weighted by atomic mass is 16.5. The fourth-order valence-electron chi connectivity index (χ4n) is 3.23. The number of likely N-dealkylation sites (N-methyl/N-ethyl adjacent to an activating group) is 1. The Morgan fingerprint density at radius 1 is 1.21 bits per heavy atom. The van der Waals surface area contributed by atoms with Gasteiger partial charge in [-0.25, -0.2) is 4.79 Å². The van der Waals surface area contributed by atoms with Crippen molar-refractivity contribution < 1.29 is 24.2 Å². The van der Waals surface area contributed by atoms with Crippen LogP contribution < -0.4 is 14.5 Å². The molecule has 0 saturated carbocycles. The van der Waals surface area contributed by atoms with Gasteiger partial charge in [0.2, 0.25) is 5.91 Å². The number of fused-ring (bicyclic) bond motifs is 1. The minimum Gasteiger partial charge on any atom is -0.479 e. The zero-order chi connectivity index (χ0) is 20.4. The van der Waals surface area contributed by atoms with Gasteiger partial charge in [0, 0.05) is 12.2 Å². The van der Waals surface area contributed by atoms with Gasteiger partial charge < -0.3 is 14.7 Å². The van der Waals surface area contributed by atoms with Crippen LogP contribution in [0.3, 0.4) is 0 Å². The van der Waals surface area contributed by atoms with E-state index < -0.39 is 12.1 Å². The van der Waals surface area contributed by atoms with E-state index in [-0.39, 0.29) is 29.7 Å². The van der Waals surface area contributed by atoms with Gasteiger partial charge in [-0.2, -0.15) is 0 Å². The Kier molecular flexibility index (Phi) is 5.35. The van der Waals surface area contributed by atoms with Crippen molar-refractivity contribution in [3.8, 4) is 5.75 Å². The maximum absolute atomic E-state index is 13.0. The lowest BCUT2D eigenvalue weighted by atomic mass is 10.1. The number of amides is 2. The number of hydrogen-bond acceptors (Lipinski definition) is 4. The molecule has 2 aromatic carbocycles. The van der Waals surface area contributed by atoms with E-state index >= 15 is 0 Å². The van der Waals surface area contributed by atoms with Crippen LogP contribution in [0.15, 0.2) is 42.5 Å². The van der Waals surface area contributed by atoms with Gasteiger partial charge in [0.25, 0.3) is 5.91 Å². The molecule has 0 saturated heterocycles. The number of ether oxygens (including phenoxy) is 1. The maximum Gasteiger partial charge on any atom is 0.335 e. The number of aromatic carboxylic acids is 1. The number of anilines is 2. The average Bonchev–Trinajstić information content (AvgIpc) is 2.65. The number of benzene rings is 2. The largest absolute Gasteiger partial charge is 0.479 e. The smallest absolute Gasteiger partial charge is 0.335 e. The normalized spacial score (nSPS) is 15.6. The molecule has 1 aliphatic rings. The molecule has 0 bridgehead atoms. The van der Waals surface area contributed by atoms with E-state index in [2.05, 4.69) is 0 Å². The molecule has 146 valence electrons. The number of carboxylic acid groups (broad SMARTS) is 1. The van der Waals surface area contributed by atoms with E-state index in [0.717, 1.165) is 11.3 Å². The minimum absolute atomic E-state index is 0.0570. The van der Waals surface area contributed by atoms with E-state index in [0.29, 0.717) is 12.2 Å². The third-order valence-electron chi connectivity index (χ3n) is 4.64. The average molecular weight is 382 g/mol. The summed E-state index contributed by atoms with van der Waals surface area (Å²) in [7, 11) is 0. The third kappa shape index (κ3) is 3.69. The van der Waals surface area contributed by atoms with Gasteiger partial charge in [-0.1, -0.05) is 12.1 Å². The number of rotatable bonds is 5. The Balaban J connectivity index is 1.91. The summed E-state index contributed by atoms with van der Waals surface area (Å²) in [5.41, 5.74) is 2.25. The molecular formula is C21H22N2O5. The van der Waals surface area contributed by atoms with Gasteiger partial charge in [0.05, 0.1) is 11.3 Å². The molecule has 0 aliphatic carbocycles. The summed E-state index contributed by atoms with van der Waals surface area (Å²) in [6.07, 6.45) is -0.807. The molecule has 2 aromatic rings. The first-order valence-electron chi connectivity index (χ1n) is 9.04. The van der Waals surface area contributed by atoms with Crippen molar-refractivity contribution in [2.45, 2.75) is 26.9 Å². The highest BCUT2D eigenvalue weighted by molar-refractivity contribution is 6.07. The fraction of sp³-hybridized carbons (Fsp3) is 0.286. The summed E-state index contributed by atoms with van der Waals surface area (Å²) >= 11 is 0. The van der Waals surface area contributed by atoms with Gasteiger partial charge in [-0.3, -0.25) is 14.5 Å². The van der Waals surface area contributed by atoms with Crippen LogP contribution in [0.5, 0.6) is 5.75 Å². The summed E-state index contributed by atoms with van der Waals surface area (Å²) in [6.45, 7) is 5.70. The summed E-state index contributed by atoms with van der Waals surface area (Å²) in [4.78, 5) is 39.8. The molecule has 7 heteroatoms. The second-order valence-corrected chi connectivity index (χ2v) is 6.65. The van der Waals surface area contributed by atoms with Gasteiger partial charge in [-0.15, -0.1) is 0 Å². The zero-order valence-electron chi connectivity index (χ0n) is 16.0. The number of carboxylic acids is 1. The van der Waals surface area contributed by atoms with Crippen LogP contribution in [0.2, 0.25) is 0 Å². The molecule has 1 atom stereocenters. The molecule has 1 aliphatic heterocycles. The molecule has 0 spiro atoms. The summed E-state index contributed by atoms with van der Waals surface area (Å²) in [5, 5.41) is 9.17. The predicted molar refractivity (Wildman–Crippen MR) is 105 cm³/mol. The summed E-state index contributed by atoms with van der Waals surface area (Å²) < 4.78 is 5.55. The number of carbonyl (C=O) groups is 3. The van der Waals surface area contributed by atoms with E-state index in [1.165, 1.54) is 23.1 Å². The molecule has 1 unspecified atom stereocenters. The molecule has 7 nitrogen and oxygen atoms in total. The standard InChI is InChI=1S/C21H22N2O5/c1-4-22(16-7-5-6-13(2)10-16)19(24)12-23-17-9-8-15(21(26)27)11-18(17)28-14(3)20(23)25/h5-11,14H,4,12H2,1-3H3,(H,26,27). The Morgan fingerprint density at radius 3 is 2.61 bits per heavy atom. The summed E-state index contributed by atoms with van der Waals surface area (Å²) in [6, 6.07) is 11.9. The molecule has 0 aromatic heterocycles. The second-order valence-electron chi connectivity index (χ2n) is 6.65. The van der Waals surface area contributed by atoms with Gasteiger partial charge in [0.15, 0.2) is 6.10 Å². The first kappa shape index (κ1) is 19.4. The molecule has 0 fully saturated rings. The highest BCUT2D eigenvalue weighted by Gasteiger charge is 2.34. The van der Waals surface area contributed by atoms with Crippen LogP contribution in [0.4, 0.5) is 11.4 Å². The van der Waals surface area contributed by atoms with E-state index in [1.807, 2.05) is 38.1 Å². The van der Waals surface area contributed by atoms with Crippen LogP contribution in [-0.4, -0.2) is 42.1 Å². The lowest BCUT2D eigenvalue weighted by Gasteiger charge is -2.34. The van der Waals surface area contributed by atoms with Crippen LogP contribution in [-0.2, 0) is 9.59 Å². The zero-order valence-corrected chi connectivity index (χ0v) is 16.0. The Morgan fingerprint density at radius 2 is 1.96 bits per heavy atom. The van der Waals surface area contributed by atoms with Crippen LogP contribution >= 0.6 is 0 Å². The van der Waals surface area contributed by atoms with Crippen molar-refractivity contribution in [2.24, 2.45) is 0 Å². The predicted octanol–water partition coefficient (Wildman–Crippen LogP) is 2.86. The lowest BCUT2D eigenvalue weighted by molar-refractivity contribution is -0.127. The monoisotopic (exact) mass is 382 g/mol. The first-order chi connectivity index (χ1) is 13.3. The van der Waals surface area contributed by atoms with Crippen molar-refractivity contribution in [3.63, 3.8) is 0 Å². The molecule has 28 heavy (non-hydrogen) atoms. The van der Waals surface area contributed by atoms with E-state index in [9.17, 15) is 19.5 Å². The number of carbonyl (C=O) groups excluding carboxylic acids is 2. The molecule has 1 N–H and O–H groups in total. The van der Waals surface area contributed by atoms with Crippen molar-refractivity contribution in [1.29, 1.82) is 0 Å². The molecule has 2 amide bonds. The van der Waals surface area contributed by atoms with Gasteiger partial charge >= 0.3 is 5.97 Å². The Hall–Kier alpha value is -3.35. The topological polar surface area (TPSA) is 87.2 Å². The van der Waals surface area contributed by atoms with Crippen LogP contribution in [0.25, 0.3) is 0 Å². The van der Waals surface area contributed by atoms with Crippen molar-refractivity contribution in [1.82, 2.24) is 0 Å². The lowest BCUT2D eigenvalue weighted by Crippen LogP contribution is -2.49. The van der Waals surface area contributed by atoms with Crippen LogP contribution in [0, 0.1) is 6.92 Å². The minimum atomic E-state index is -1.09. The van der Waals surface area contributed by atoms with Gasteiger partial charge in [0.1, 0.15) is 12.3 Å². The Labute approximate surface area is 163 Å². The first-order valence-corrected chi connectivity index (χ1v) is 9.04. The number of aryl methyl sites for hydroxylation is 1. The SMILES string of the molecule is CCN(C(=O)CN1C(=O)C(C)Oc2cc(C(=O)O)ccc21)c1cccc(C)c1. The van der Waals surface area contributed by atoms with Crippen molar-refractivity contribution in [2.75, 3.05) is 22.9 Å². The summed E-state index contributed by atoms with van der Waals surface area (Å²) in [5.74, 6) is -1.39. The second kappa shape index (κ2) is 7.72. The van der Waals surface area contributed by atoms with Crippen LogP contribution in [0.1, 0.15) is 29.8 Å².